The molecule has 0 saturated heterocycles. The fraction of sp³-hybridized carbons (Fsp3) is 0.286. The van der Waals surface area contributed by atoms with Crippen molar-refractivity contribution in [1.82, 2.24) is 10.5 Å². The molecule has 1 amide bonds. The standard InChI is InChI=1S/C14H15BN2O4/c1-9-6-12(21-17-9)4-5-16-14(18)10-2-3-13-11(7-10)8-20-15(13)19/h2-3,6-7,19H,4-5,8H2,1H3,(H,16,18). The lowest BCUT2D eigenvalue weighted by Gasteiger charge is -2.05. The molecule has 108 valence electrons. The molecule has 3 rings (SSSR count). The second-order valence-corrected chi connectivity index (χ2v) is 5.02. The van der Waals surface area contributed by atoms with E-state index in [1.54, 1.807) is 18.2 Å². The van der Waals surface area contributed by atoms with Gasteiger partial charge in [0.25, 0.3) is 5.91 Å². The first-order chi connectivity index (χ1) is 10.1. The number of hydrogen-bond donors (Lipinski definition) is 2. The molecule has 0 bridgehead atoms. The molecular formula is C14H15BN2O4. The summed E-state index contributed by atoms with van der Waals surface area (Å²) in [5.74, 6) is 0.591. The van der Waals surface area contributed by atoms with Gasteiger partial charge in [-0.2, -0.15) is 0 Å². The van der Waals surface area contributed by atoms with Gasteiger partial charge in [0.2, 0.25) is 0 Å². The maximum absolute atomic E-state index is 12.1. The van der Waals surface area contributed by atoms with E-state index < -0.39 is 7.12 Å². The van der Waals surface area contributed by atoms with Crippen molar-refractivity contribution in [2.75, 3.05) is 6.54 Å². The first-order valence-corrected chi connectivity index (χ1v) is 6.76. The number of carbonyl (C=O) groups is 1. The number of nitrogens with one attached hydrogen (secondary N) is 1. The lowest BCUT2D eigenvalue weighted by Crippen LogP contribution is -2.29. The van der Waals surface area contributed by atoms with Crippen LogP contribution in [0.25, 0.3) is 0 Å². The van der Waals surface area contributed by atoms with Gasteiger partial charge in [-0.05, 0) is 30.1 Å². The molecule has 2 N–H and O–H groups in total. The first kappa shape index (κ1) is 13.8. The highest BCUT2D eigenvalue weighted by Crippen LogP contribution is 2.12. The van der Waals surface area contributed by atoms with E-state index in [9.17, 15) is 9.82 Å². The maximum atomic E-state index is 12.1. The van der Waals surface area contributed by atoms with Gasteiger partial charge in [0, 0.05) is 24.6 Å². The number of amides is 1. The monoisotopic (exact) mass is 286 g/mol. The summed E-state index contributed by atoms with van der Waals surface area (Å²) in [6, 6.07) is 7.01. The predicted molar refractivity (Wildman–Crippen MR) is 76.1 cm³/mol. The Morgan fingerprint density at radius 2 is 2.33 bits per heavy atom. The van der Waals surface area contributed by atoms with Crippen LogP contribution in [0, 0.1) is 6.92 Å². The molecular weight excluding hydrogens is 271 g/mol. The van der Waals surface area contributed by atoms with Crippen molar-refractivity contribution in [3.05, 3.63) is 46.8 Å². The van der Waals surface area contributed by atoms with E-state index in [0.29, 0.717) is 25.1 Å². The fourth-order valence-corrected chi connectivity index (χ4v) is 2.31. The molecule has 0 spiro atoms. The van der Waals surface area contributed by atoms with Crippen molar-refractivity contribution in [1.29, 1.82) is 0 Å². The number of nitrogens with zero attached hydrogens (tertiary/aromatic N) is 1. The van der Waals surface area contributed by atoms with E-state index in [2.05, 4.69) is 10.5 Å². The van der Waals surface area contributed by atoms with Crippen LogP contribution in [0.15, 0.2) is 28.8 Å². The number of carbonyl (C=O) groups excluding carboxylic acids is 1. The van der Waals surface area contributed by atoms with E-state index >= 15 is 0 Å². The Balaban J connectivity index is 1.58. The Morgan fingerprint density at radius 1 is 1.48 bits per heavy atom. The van der Waals surface area contributed by atoms with Gasteiger partial charge in [0.1, 0.15) is 5.76 Å². The minimum absolute atomic E-state index is 0.157. The van der Waals surface area contributed by atoms with Gasteiger partial charge in [-0.15, -0.1) is 0 Å². The Labute approximate surface area is 122 Å². The van der Waals surface area contributed by atoms with E-state index in [4.69, 9.17) is 9.18 Å². The van der Waals surface area contributed by atoms with Gasteiger partial charge in [-0.3, -0.25) is 4.79 Å². The van der Waals surface area contributed by atoms with Crippen molar-refractivity contribution < 1.29 is 19.0 Å². The molecule has 0 saturated carbocycles. The molecule has 0 atom stereocenters. The van der Waals surface area contributed by atoms with Crippen LogP contribution in [0.3, 0.4) is 0 Å². The van der Waals surface area contributed by atoms with Crippen molar-refractivity contribution in [2.45, 2.75) is 20.0 Å². The molecule has 1 aliphatic rings. The third-order valence-corrected chi connectivity index (χ3v) is 3.40. The third-order valence-electron chi connectivity index (χ3n) is 3.40. The highest BCUT2D eigenvalue weighted by atomic mass is 16.5. The summed E-state index contributed by atoms with van der Waals surface area (Å²) in [4.78, 5) is 12.1. The van der Waals surface area contributed by atoms with Gasteiger partial charge >= 0.3 is 7.12 Å². The molecule has 0 radical (unpaired) electrons. The van der Waals surface area contributed by atoms with E-state index in [0.717, 1.165) is 22.5 Å². The average Bonchev–Trinajstić information content (AvgIpc) is 3.05. The van der Waals surface area contributed by atoms with Crippen molar-refractivity contribution in [3.63, 3.8) is 0 Å². The van der Waals surface area contributed by atoms with Gasteiger partial charge in [0.15, 0.2) is 0 Å². The lowest BCUT2D eigenvalue weighted by atomic mass is 9.79. The van der Waals surface area contributed by atoms with E-state index in [-0.39, 0.29) is 5.91 Å². The van der Waals surface area contributed by atoms with Crippen LogP contribution in [0.2, 0.25) is 0 Å². The van der Waals surface area contributed by atoms with Crippen LogP contribution < -0.4 is 10.8 Å². The van der Waals surface area contributed by atoms with Gasteiger partial charge < -0.3 is 19.5 Å². The minimum atomic E-state index is -0.883. The second kappa shape index (κ2) is 5.71. The number of aryl methyl sites for hydroxylation is 1. The Kier molecular flexibility index (Phi) is 3.77. The molecule has 1 aliphatic heterocycles. The summed E-state index contributed by atoms with van der Waals surface area (Å²) in [5.41, 5.74) is 2.96. The van der Waals surface area contributed by atoms with Crippen LogP contribution in [0.1, 0.15) is 27.4 Å². The lowest BCUT2D eigenvalue weighted by molar-refractivity contribution is 0.0953. The van der Waals surface area contributed by atoms with E-state index in [1.165, 1.54) is 0 Å². The molecule has 1 aromatic carbocycles. The second-order valence-electron chi connectivity index (χ2n) is 5.02. The first-order valence-electron chi connectivity index (χ1n) is 6.76. The predicted octanol–water partition coefficient (Wildman–Crippen LogP) is 0.173. The zero-order valence-electron chi connectivity index (χ0n) is 11.6. The highest BCUT2D eigenvalue weighted by Gasteiger charge is 2.27. The van der Waals surface area contributed by atoms with Crippen LogP contribution in [0.5, 0.6) is 0 Å². The van der Waals surface area contributed by atoms with Crippen molar-refractivity contribution in [3.8, 4) is 0 Å². The summed E-state index contributed by atoms with van der Waals surface area (Å²) in [7, 11) is -0.883. The van der Waals surface area contributed by atoms with Crippen LogP contribution in [0.4, 0.5) is 0 Å². The molecule has 0 aliphatic carbocycles. The fourth-order valence-electron chi connectivity index (χ4n) is 2.31. The van der Waals surface area contributed by atoms with Crippen LogP contribution in [-0.2, 0) is 17.7 Å². The molecule has 2 aromatic rings. The molecule has 2 heterocycles. The molecule has 0 unspecified atom stereocenters. The zero-order chi connectivity index (χ0) is 14.8. The smallest absolute Gasteiger partial charge is 0.423 e. The van der Waals surface area contributed by atoms with Crippen LogP contribution in [-0.4, -0.2) is 29.8 Å². The zero-order valence-corrected chi connectivity index (χ0v) is 11.6. The Bertz CT molecular complexity index is 671. The number of hydrogen-bond acceptors (Lipinski definition) is 5. The average molecular weight is 286 g/mol. The van der Waals surface area contributed by atoms with Gasteiger partial charge in [-0.1, -0.05) is 11.2 Å². The topological polar surface area (TPSA) is 84.6 Å². The summed E-state index contributed by atoms with van der Waals surface area (Å²) in [5, 5.41) is 16.2. The largest absolute Gasteiger partial charge is 0.491 e. The quantitative estimate of drug-likeness (QED) is 0.783. The summed E-state index contributed by atoms with van der Waals surface area (Å²) in [6.45, 7) is 2.66. The minimum Gasteiger partial charge on any atom is -0.423 e. The SMILES string of the molecule is Cc1cc(CCNC(=O)c2ccc3c(c2)COB3O)on1. The van der Waals surface area contributed by atoms with Crippen molar-refractivity contribution >= 4 is 18.5 Å². The van der Waals surface area contributed by atoms with Gasteiger partial charge in [0.05, 0.1) is 12.3 Å². The summed E-state index contributed by atoms with van der Waals surface area (Å²) < 4.78 is 10.2. The normalized spacial score (nSPS) is 13.3. The number of fused-ring (bicyclic) bond motifs is 1. The molecule has 21 heavy (non-hydrogen) atoms. The number of aromatic nitrogens is 1. The molecule has 1 aromatic heterocycles. The number of rotatable bonds is 4. The third kappa shape index (κ3) is 2.98. The highest BCUT2D eigenvalue weighted by molar-refractivity contribution is 6.61. The Morgan fingerprint density at radius 3 is 3.10 bits per heavy atom. The molecule has 6 nitrogen and oxygen atoms in total. The molecule has 0 fully saturated rings. The van der Waals surface area contributed by atoms with Gasteiger partial charge in [-0.25, -0.2) is 0 Å². The number of benzene rings is 1. The summed E-state index contributed by atoms with van der Waals surface area (Å²) >= 11 is 0. The Hall–Kier alpha value is -2.12. The maximum Gasteiger partial charge on any atom is 0.491 e. The molecule has 7 heteroatoms. The van der Waals surface area contributed by atoms with Crippen molar-refractivity contribution in [2.24, 2.45) is 0 Å². The summed E-state index contributed by atoms with van der Waals surface area (Å²) in [6.07, 6.45) is 0.597. The van der Waals surface area contributed by atoms with E-state index in [1.807, 2.05) is 13.0 Å². The van der Waals surface area contributed by atoms with Crippen LogP contribution >= 0.6 is 0 Å².